The lowest BCUT2D eigenvalue weighted by Crippen LogP contribution is -2.54. The summed E-state index contributed by atoms with van der Waals surface area (Å²) < 4.78 is 17.5. The summed E-state index contributed by atoms with van der Waals surface area (Å²) in [6, 6.07) is 5.80. The van der Waals surface area contributed by atoms with Crippen molar-refractivity contribution in [2.75, 3.05) is 25.2 Å². The van der Waals surface area contributed by atoms with E-state index in [4.69, 9.17) is 19.9 Å². The van der Waals surface area contributed by atoms with Crippen LogP contribution in [0.15, 0.2) is 72.6 Å². The van der Waals surface area contributed by atoms with Crippen molar-refractivity contribution in [3.63, 3.8) is 0 Å². The van der Waals surface area contributed by atoms with Gasteiger partial charge in [0, 0.05) is 36.5 Å². The Morgan fingerprint density at radius 3 is 2.94 bits per heavy atom. The Hall–Kier alpha value is -3.61. The van der Waals surface area contributed by atoms with Gasteiger partial charge in [-0.25, -0.2) is 0 Å². The Labute approximate surface area is 201 Å². The molecule has 1 unspecified atom stereocenters. The minimum atomic E-state index is -0.103. The second-order valence-electron chi connectivity index (χ2n) is 8.83. The van der Waals surface area contributed by atoms with E-state index in [9.17, 15) is 4.79 Å². The number of rotatable bonds is 6. The molecule has 3 atom stereocenters. The smallest absolute Gasteiger partial charge is 0.289 e. The third kappa shape index (κ3) is 4.83. The van der Waals surface area contributed by atoms with E-state index >= 15 is 0 Å². The number of nitrogens with two attached hydrogens (primary N) is 1. The number of amides is 1. The standard InChI is InChI=1S/C27H33N3O4/c1-5-29(16-18(2)28)23-11-10-20(14-25(23)32-4)15-26-27(31)30(17-19(3)34-26)22-12-13-33-24-9-7-6-8-21(22)24/h5-7,9-11,14-16,19,21-22H,1,8,12-13,17,28H2,2-4H3/b18-16-,26-15-/t19-,21?,22+/m1/s1. The summed E-state index contributed by atoms with van der Waals surface area (Å²) in [5, 5.41) is 0. The van der Waals surface area contributed by atoms with Gasteiger partial charge in [0.2, 0.25) is 0 Å². The summed E-state index contributed by atoms with van der Waals surface area (Å²) in [4.78, 5) is 17.3. The van der Waals surface area contributed by atoms with Crippen LogP contribution in [0.1, 0.15) is 32.3 Å². The summed E-state index contributed by atoms with van der Waals surface area (Å²) >= 11 is 0. The van der Waals surface area contributed by atoms with Crippen LogP contribution in [0.5, 0.6) is 5.75 Å². The lowest BCUT2D eigenvalue weighted by molar-refractivity contribution is -0.145. The van der Waals surface area contributed by atoms with Crippen LogP contribution in [0.4, 0.5) is 5.69 Å². The van der Waals surface area contributed by atoms with Gasteiger partial charge >= 0.3 is 0 Å². The first-order valence-corrected chi connectivity index (χ1v) is 11.6. The van der Waals surface area contributed by atoms with Crippen LogP contribution >= 0.6 is 0 Å². The van der Waals surface area contributed by atoms with Crippen LogP contribution in [0.2, 0.25) is 0 Å². The quantitative estimate of drug-likeness (QED) is 0.634. The molecular formula is C27H33N3O4. The zero-order chi connectivity index (χ0) is 24.2. The maximum atomic E-state index is 13.5. The molecule has 2 saturated heterocycles. The van der Waals surface area contributed by atoms with E-state index in [0.717, 1.165) is 29.9 Å². The summed E-state index contributed by atoms with van der Waals surface area (Å²) in [6.07, 6.45) is 13.0. The molecule has 1 aromatic rings. The molecule has 1 amide bonds. The lowest BCUT2D eigenvalue weighted by Gasteiger charge is -2.44. The molecule has 2 heterocycles. The molecule has 2 fully saturated rings. The number of anilines is 1. The van der Waals surface area contributed by atoms with Crippen molar-refractivity contribution in [2.24, 2.45) is 11.7 Å². The topological polar surface area (TPSA) is 77.3 Å². The highest BCUT2D eigenvalue weighted by Crippen LogP contribution is 2.36. The average molecular weight is 464 g/mol. The first kappa shape index (κ1) is 23.5. The number of nitrogens with zero attached hydrogens (tertiary/aromatic N) is 2. The Balaban J connectivity index is 1.61. The number of benzene rings is 1. The van der Waals surface area contributed by atoms with Gasteiger partial charge in [-0.05, 0) is 50.1 Å². The molecule has 1 aromatic carbocycles. The zero-order valence-corrected chi connectivity index (χ0v) is 20.1. The predicted molar refractivity (Wildman–Crippen MR) is 134 cm³/mol. The Morgan fingerprint density at radius 2 is 2.21 bits per heavy atom. The molecule has 7 nitrogen and oxygen atoms in total. The molecule has 2 aliphatic heterocycles. The van der Waals surface area contributed by atoms with Gasteiger partial charge in [-0.2, -0.15) is 0 Å². The van der Waals surface area contributed by atoms with Crippen molar-refractivity contribution >= 4 is 17.7 Å². The second kappa shape index (κ2) is 10.1. The number of carbonyl (C=O) groups is 1. The molecule has 7 heteroatoms. The van der Waals surface area contributed by atoms with Gasteiger partial charge in [0.05, 0.1) is 25.9 Å². The third-order valence-electron chi connectivity index (χ3n) is 6.27. The van der Waals surface area contributed by atoms with E-state index in [1.54, 1.807) is 30.5 Å². The maximum absolute atomic E-state index is 13.5. The molecule has 34 heavy (non-hydrogen) atoms. The van der Waals surface area contributed by atoms with Crippen molar-refractivity contribution < 1.29 is 19.0 Å². The molecule has 0 aromatic heterocycles. The molecule has 4 rings (SSSR count). The fraction of sp³-hybridized carbons (Fsp3) is 0.370. The van der Waals surface area contributed by atoms with Crippen LogP contribution in [0.25, 0.3) is 6.08 Å². The Morgan fingerprint density at radius 1 is 1.38 bits per heavy atom. The zero-order valence-electron chi connectivity index (χ0n) is 20.1. The van der Waals surface area contributed by atoms with Crippen LogP contribution in [0.3, 0.4) is 0 Å². The highest BCUT2D eigenvalue weighted by molar-refractivity contribution is 5.97. The van der Waals surface area contributed by atoms with Gasteiger partial charge in [0.1, 0.15) is 17.6 Å². The fourth-order valence-corrected chi connectivity index (χ4v) is 4.78. The van der Waals surface area contributed by atoms with Gasteiger partial charge in [-0.3, -0.25) is 4.79 Å². The first-order valence-electron chi connectivity index (χ1n) is 11.6. The van der Waals surface area contributed by atoms with Gasteiger partial charge in [0.25, 0.3) is 5.91 Å². The van der Waals surface area contributed by atoms with Crippen LogP contribution < -0.4 is 15.4 Å². The monoisotopic (exact) mass is 463 g/mol. The first-order chi connectivity index (χ1) is 16.4. The Bertz CT molecular complexity index is 1070. The molecule has 2 N–H and O–H groups in total. The molecule has 0 saturated carbocycles. The molecule has 3 aliphatic rings. The van der Waals surface area contributed by atoms with Gasteiger partial charge in [-0.1, -0.05) is 24.8 Å². The van der Waals surface area contributed by atoms with Gasteiger partial charge in [-0.15, -0.1) is 0 Å². The molecule has 0 bridgehead atoms. The SMILES string of the molecule is C=CN(/C=C(/C)N)c1ccc(/C=C2\O[C@H](C)CN([C@H]3CCOC4=CC=CCC43)C2=O)cc1OC. The maximum Gasteiger partial charge on any atom is 0.289 e. The lowest BCUT2D eigenvalue weighted by atomic mass is 9.85. The minimum absolute atomic E-state index is 0.0867. The third-order valence-corrected chi connectivity index (χ3v) is 6.27. The summed E-state index contributed by atoms with van der Waals surface area (Å²) in [7, 11) is 1.61. The molecule has 180 valence electrons. The van der Waals surface area contributed by atoms with Crippen molar-refractivity contribution in [3.05, 3.63) is 78.2 Å². The van der Waals surface area contributed by atoms with E-state index in [-0.39, 0.29) is 24.0 Å². The predicted octanol–water partition coefficient (Wildman–Crippen LogP) is 4.30. The number of ether oxygens (including phenoxy) is 3. The normalized spacial score (nSPS) is 25.7. The van der Waals surface area contributed by atoms with E-state index < -0.39 is 0 Å². The number of fused-ring (bicyclic) bond motifs is 1. The van der Waals surface area contributed by atoms with Crippen LogP contribution in [0, 0.1) is 5.92 Å². The number of hydrogen-bond donors (Lipinski definition) is 1. The molecular weight excluding hydrogens is 430 g/mol. The number of methoxy groups -OCH3 is 1. The van der Waals surface area contributed by atoms with Gasteiger partial charge in [0.15, 0.2) is 5.76 Å². The van der Waals surface area contributed by atoms with Crippen molar-refractivity contribution in [1.29, 1.82) is 0 Å². The number of morpholine rings is 1. The largest absolute Gasteiger partial charge is 0.497 e. The van der Waals surface area contributed by atoms with E-state index in [2.05, 4.69) is 12.7 Å². The summed E-state index contributed by atoms with van der Waals surface area (Å²) in [6.45, 7) is 8.84. The molecule has 1 aliphatic carbocycles. The van der Waals surface area contributed by atoms with E-state index in [1.165, 1.54) is 0 Å². The summed E-state index contributed by atoms with van der Waals surface area (Å²) in [5.41, 5.74) is 8.09. The van der Waals surface area contributed by atoms with E-state index in [0.29, 0.717) is 30.4 Å². The Kier molecular flexibility index (Phi) is 7.01. The van der Waals surface area contributed by atoms with Crippen molar-refractivity contribution in [2.45, 2.75) is 38.8 Å². The second-order valence-corrected chi connectivity index (χ2v) is 8.83. The number of hydrogen-bond acceptors (Lipinski definition) is 6. The fourth-order valence-electron chi connectivity index (χ4n) is 4.78. The molecule has 0 radical (unpaired) electrons. The highest BCUT2D eigenvalue weighted by atomic mass is 16.5. The van der Waals surface area contributed by atoms with Crippen LogP contribution in [-0.4, -0.2) is 43.2 Å². The van der Waals surface area contributed by atoms with Crippen molar-refractivity contribution in [3.8, 4) is 5.75 Å². The molecule has 0 spiro atoms. The minimum Gasteiger partial charge on any atom is -0.497 e. The average Bonchev–Trinajstić information content (AvgIpc) is 2.84. The number of carbonyl (C=O) groups excluding carboxylic acids is 1. The highest BCUT2D eigenvalue weighted by Gasteiger charge is 2.41. The summed E-state index contributed by atoms with van der Waals surface area (Å²) in [5.74, 6) is 2.06. The van der Waals surface area contributed by atoms with E-state index in [1.807, 2.05) is 49.1 Å². The van der Waals surface area contributed by atoms with Gasteiger partial charge < -0.3 is 29.7 Å². The van der Waals surface area contributed by atoms with Crippen molar-refractivity contribution in [1.82, 2.24) is 4.90 Å². The number of allylic oxidation sites excluding steroid dienone is 4. The van der Waals surface area contributed by atoms with Crippen LogP contribution in [-0.2, 0) is 14.3 Å².